The topological polar surface area (TPSA) is 69.6 Å². The average molecular weight is 278 g/mol. The maximum absolute atomic E-state index is 5.99. The first-order valence-electron chi connectivity index (χ1n) is 6.46. The summed E-state index contributed by atoms with van der Waals surface area (Å²) in [6.07, 6.45) is 2.64. The van der Waals surface area contributed by atoms with Crippen LogP contribution in [0.4, 0.5) is 5.69 Å². The molecule has 1 aromatic heterocycles. The lowest BCUT2D eigenvalue weighted by atomic mass is 10.1. The lowest BCUT2D eigenvalue weighted by Gasteiger charge is -2.12. The molecule has 1 heterocycles. The number of benzene rings is 1. The van der Waals surface area contributed by atoms with Gasteiger partial charge in [-0.1, -0.05) is 18.5 Å². The van der Waals surface area contributed by atoms with Gasteiger partial charge < -0.3 is 5.73 Å². The number of nitrogens with zero attached hydrogens (tertiary/aromatic N) is 4. The summed E-state index contributed by atoms with van der Waals surface area (Å²) in [5.41, 5.74) is 7.42. The summed E-state index contributed by atoms with van der Waals surface area (Å²) in [7, 11) is 0. The fourth-order valence-electron chi connectivity index (χ4n) is 2.34. The van der Waals surface area contributed by atoms with Crippen LogP contribution in [-0.2, 0) is 6.54 Å². The minimum Gasteiger partial charge on any atom is -0.398 e. The van der Waals surface area contributed by atoms with Crippen molar-refractivity contribution in [1.82, 2.24) is 20.2 Å². The van der Waals surface area contributed by atoms with Gasteiger partial charge in [0.25, 0.3) is 0 Å². The van der Waals surface area contributed by atoms with Crippen LogP contribution in [0.2, 0.25) is 5.02 Å². The Bertz CT molecular complexity index is 590. The number of hydrogen-bond acceptors (Lipinski definition) is 4. The van der Waals surface area contributed by atoms with Gasteiger partial charge in [0.1, 0.15) is 0 Å². The Morgan fingerprint density at radius 3 is 2.95 bits per heavy atom. The van der Waals surface area contributed by atoms with Crippen LogP contribution in [0.1, 0.15) is 19.8 Å². The highest BCUT2D eigenvalue weighted by Gasteiger charge is 2.29. The summed E-state index contributed by atoms with van der Waals surface area (Å²) < 4.78 is 1.84. The van der Waals surface area contributed by atoms with Gasteiger partial charge in [0.15, 0.2) is 5.82 Å². The van der Waals surface area contributed by atoms with E-state index in [0.29, 0.717) is 22.5 Å². The predicted octanol–water partition coefficient (Wildman–Crippen LogP) is 2.62. The molecule has 0 spiro atoms. The Hall–Kier alpha value is -1.62. The number of anilines is 1. The Morgan fingerprint density at radius 2 is 2.26 bits per heavy atom. The second kappa shape index (κ2) is 4.81. The van der Waals surface area contributed by atoms with Gasteiger partial charge in [-0.3, -0.25) is 0 Å². The van der Waals surface area contributed by atoms with Gasteiger partial charge >= 0.3 is 0 Å². The molecule has 0 saturated heterocycles. The van der Waals surface area contributed by atoms with E-state index in [1.165, 1.54) is 12.8 Å². The van der Waals surface area contributed by atoms with Crippen LogP contribution in [-0.4, -0.2) is 20.2 Å². The summed E-state index contributed by atoms with van der Waals surface area (Å²) in [6, 6.07) is 5.39. The van der Waals surface area contributed by atoms with Crippen molar-refractivity contribution < 1.29 is 0 Å². The molecule has 3 rings (SSSR count). The van der Waals surface area contributed by atoms with Crippen LogP contribution in [0.5, 0.6) is 0 Å². The van der Waals surface area contributed by atoms with E-state index in [1.54, 1.807) is 12.1 Å². The first-order valence-corrected chi connectivity index (χ1v) is 6.84. The van der Waals surface area contributed by atoms with E-state index >= 15 is 0 Å². The third-order valence-corrected chi connectivity index (χ3v) is 3.91. The van der Waals surface area contributed by atoms with E-state index in [1.807, 2.05) is 10.7 Å². The fourth-order valence-corrected chi connectivity index (χ4v) is 2.53. The van der Waals surface area contributed by atoms with Crippen molar-refractivity contribution in [2.24, 2.45) is 11.8 Å². The molecule has 1 aromatic carbocycles. The first-order chi connectivity index (χ1) is 9.15. The van der Waals surface area contributed by atoms with Crippen LogP contribution in [0.3, 0.4) is 0 Å². The van der Waals surface area contributed by atoms with Gasteiger partial charge in [-0.25, -0.2) is 4.68 Å². The third-order valence-electron chi connectivity index (χ3n) is 3.67. The highest BCUT2D eigenvalue weighted by molar-refractivity contribution is 6.31. The van der Waals surface area contributed by atoms with E-state index in [2.05, 4.69) is 22.4 Å². The molecule has 2 aromatic rings. The molecule has 100 valence electrons. The monoisotopic (exact) mass is 277 g/mol. The van der Waals surface area contributed by atoms with Crippen LogP contribution >= 0.6 is 11.6 Å². The van der Waals surface area contributed by atoms with Crippen molar-refractivity contribution in [3.8, 4) is 11.4 Å². The molecule has 0 bridgehead atoms. The van der Waals surface area contributed by atoms with Crippen molar-refractivity contribution >= 4 is 17.3 Å². The first kappa shape index (κ1) is 12.4. The zero-order valence-electron chi connectivity index (χ0n) is 10.8. The number of halogens is 1. The van der Waals surface area contributed by atoms with Gasteiger partial charge in [0.05, 0.1) is 0 Å². The normalized spacial score (nSPS) is 16.5. The van der Waals surface area contributed by atoms with Crippen LogP contribution in [0.15, 0.2) is 18.2 Å². The Morgan fingerprint density at radius 1 is 1.47 bits per heavy atom. The Labute approximate surface area is 116 Å². The quantitative estimate of drug-likeness (QED) is 0.872. The number of rotatable bonds is 4. The molecule has 1 aliphatic carbocycles. The molecule has 1 atom stereocenters. The van der Waals surface area contributed by atoms with Gasteiger partial charge in [-0.2, -0.15) is 0 Å². The molecule has 19 heavy (non-hydrogen) atoms. The zero-order chi connectivity index (χ0) is 13.4. The van der Waals surface area contributed by atoms with Crippen molar-refractivity contribution in [3.63, 3.8) is 0 Å². The number of tetrazole rings is 1. The van der Waals surface area contributed by atoms with Gasteiger partial charge in [-0.05, 0) is 53.3 Å². The second-order valence-electron chi connectivity index (χ2n) is 5.23. The third kappa shape index (κ3) is 2.56. The average Bonchev–Trinajstić information content (AvgIpc) is 3.12. The molecule has 1 fully saturated rings. The highest BCUT2D eigenvalue weighted by Crippen LogP contribution is 2.37. The number of nitrogen functional groups attached to an aromatic ring is 1. The minimum atomic E-state index is 0.593. The molecule has 5 nitrogen and oxygen atoms in total. The largest absolute Gasteiger partial charge is 0.398 e. The number of nitrogens with two attached hydrogens (primary N) is 1. The van der Waals surface area contributed by atoms with E-state index < -0.39 is 0 Å². The van der Waals surface area contributed by atoms with Crippen molar-refractivity contribution in [2.45, 2.75) is 26.3 Å². The smallest absolute Gasteiger partial charge is 0.184 e. The molecular weight excluding hydrogens is 262 g/mol. The molecule has 0 aliphatic heterocycles. The summed E-state index contributed by atoms with van der Waals surface area (Å²) in [5, 5.41) is 12.5. The summed E-state index contributed by atoms with van der Waals surface area (Å²) in [4.78, 5) is 0. The predicted molar refractivity (Wildman–Crippen MR) is 74.6 cm³/mol. The number of hydrogen-bond donors (Lipinski definition) is 1. The summed E-state index contributed by atoms with van der Waals surface area (Å²) in [5.74, 6) is 2.12. The molecule has 0 amide bonds. The van der Waals surface area contributed by atoms with Gasteiger partial charge in [0.2, 0.25) is 0 Å². The molecule has 6 heteroatoms. The van der Waals surface area contributed by atoms with Gasteiger partial charge in [-0.15, -0.1) is 5.10 Å². The van der Waals surface area contributed by atoms with Gasteiger partial charge in [0, 0.05) is 22.8 Å². The lowest BCUT2D eigenvalue weighted by Crippen LogP contribution is -2.12. The van der Waals surface area contributed by atoms with Crippen LogP contribution in [0, 0.1) is 11.8 Å². The van der Waals surface area contributed by atoms with Crippen molar-refractivity contribution in [3.05, 3.63) is 23.2 Å². The van der Waals surface area contributed by atoms with E-state index in [-0.39, 0.29) is 0 Å². The lowest BCUT2D eigenvalue weighted by molar-refractivity contribution is 0.402. The van der Waals surface area contributed by atoms with Crippen molar-refractivity contribution in [2.75, 3.05) is 5.73 Å². The number of aromatic nitrogens is 4. The molecular formula is C13H16ClN5. The molecule has 1 aliphatic rings. The Kier molecular flexibility index (Phi) is 3.14. The minimum absolute atomic E-state index is 0.593. The maximum Gasteiger partial charge on any atom is 0.184 e. The summed E-state index contributed by atoms with van der Waals surface area (Å²) >= 11 is 5.91. The fraction of sp³-hybridized carbons (Fsp3) is 0.462. The van der Waals surface area contributed by atoms with Crippen LogP contribution < -0.4 is 5.73 Å². The second-order valence-corrected chi connectivity index (χ2v) is 5.67. The maximum atomic E-state index is 5.99. The van der Waals surface area contributed by atoms with E-state index in [0.717, 1.165) is 18.0 Å². The molecule has 1 unspecified atom stereocenters. The SMILES string of the molecule is CC(Cn1nnnc1-c1ccc(Cl)cc1N)C1CC1. The summed E-state index contributed by atoms with van der Waals surface area (Å²) in [6.45, 7) is 3.07. The molecule has 1 saturated carbocycles. The van der Waals surface area contributed by atoms with Crippen molar-refractivity contribution in [1.29, 1.82) is 0 Å². The van der Waals surface area contributed by atoms with E-state index in [9.17, 15) is 0 Å². The van der Waals surface area contributed by atoms with Crippen LogP contribution in [0.25, 0.3) is 11.4 Å². The molecule has 2 N–H and O–H groups in total. The molecule has 0 radical (unpaired) electrons. The zero-order valence-corrected chi connectivity index (χ0v) is 11.5. The van der Waals surface area contributed by atoms with E-state index in [4.69, 9.17) is 17.3 Å². The highest BCUT2D eigenvalue weighted by atomic mass is 35.5. The standard InChI is InChI=1S/C13H16ClN5/c1-8(9-2-3-9)7-19-13(16-17-18-19)11-5-4-10(14)6-12(11)15/h4-6,8-9H,2-3,7,15H2,1H3. The Balaban J connectivity index is 1.90.